The number of aromatic nitrogens is 1. The molecule has 0 aliphatic carbocycles. The van der Waals surface area contributed by atoms with Crippen molar-refractivity contribution in [3.05, 3.63) is 33.6 Å². The molecule has 0 saturated carbocycles. The predicted octanol–water partition coefficient (Wildman–Crippen LogP) is 1.36. The van der Waals surface area contributed by atoms with Crippen LogP contribution in [0.4, 0.5) is 5.69 Å². The van der Waals surface area contributed by atoms with E-state index in [1.165, 1.54) is 6.07 Å². The second-order valence-corrected chi connectivity index (χ2v) is 2.51. The summed E-state index contributed by atoms with van der Waals surface area (Å²) in [5.74, 6) is 0. The van der Waals surface area contributed by atoms with Gasteiger partial charge in [0.2, 0.25) is 0 Å². The van der Waals surface area contributed by atoms with E-state index in [0.717, 1.165) is 0 Å². The molecule has 1 aromatic heterocycles. The molecule has 0 amide bonds. The van der Waals surface area contributed by atoms with Crippen LogP contribution in [-0.2, 0) is 6.42 Å². The molecule has 5 heteroatoms. The second kappa shape index (κ2) is 3.63. The zero-order valence-corrected chi connectivity index (χ0v) is 7.02. The van der Waals surface area contributed by atoms with Crippen molar-refractivity contribution in [1.29, 1.82) is 5.26 Å². The molecular weight excluding hydrogens is 170 g/mol. The first-order valence-electron chi connectivity index (χ1n) is 3.63. The van der Waals surface area contributed by atoms with Crippen molar-refractivity contribution in [2.75, 3.05) is 0 Å². The molecule has 66 valence electrons. The molecule has 0 N–H and O–H groups in total. The number of hydrogen-bond acceptors (Lipinski definition) is 4. The number of hydrogen-bond donors (Lipinski definition) is 0. The second-order valence-electron chi connectivity index (χ2n) is 2.51. The minimum atomic E-state index is -0.529. The van der Waals surface area contributed by atoms with Crippen molar-refractivity contribution >= 4 is 5.69 Å². The molecule has 1 rings (SSSR count). The van der Waals surface area contributed by atoms with Crippen molar-refractivity contribution < 1.29 is 4.92 Å². The lowest BCUT2D eigenvalue weighted by atomic mass is 10.2. The summed E-state index contributed by atoms with van der Waals surface area (Å²) in [6, 6.07) is 4.76. The Morgan fingerprint density at radius 2 is 2.38 bits per heavy atom. The van der Waals surface area contributed by atoms with Crippen LogP contribution in [-0.4, -0.2) is 9.91 Å². The third-order valence-corrected chi connectivity index (χ3v) is 1.53. The highest BCUT2D eigenvalue weighted by atomic mass is 16.6. The molecule has 5 nitrogen and oxygen atoms in total. The van der Waals surface area contributed by atoms with Crippen molar-refractivity contribution in [2.24, 2.45) is 0 Å². The van der Waals surface area contributed by atoms with Crippen LogP contribution in [0, 0.1) is 28.4 Å². The number of nitrogens with zero attached hydrogens (tertiary/aromatic N) is 3. The van der Waals surface area contributed by atoms with Crippen LogP contribution in [0.15, 0.2) is 12.1 Å². The molecule has 1 heterocycles. The molecule has 0 fully saturated rings. The highest BCUT2D eigenvalue weighted by Gasteiger charge is 2.13. The van der Waals surface area contributed by atoms with E-state index in [2.05, 4.69) is 4.98 Å². The Morgan fingerprint density at radius 1 is 1.69 bits per heavy atom. The lowest BCUT2D eigenvalue weighted by Gasteiger charge is -1.98. The Kier molecular flexibility index (Phi) is 2.55. The summed E-state index contributed by atoms with van der Waals surface area (Å²) in [6.07, 6.45) is -0.0298. The third-order valence-electron chi connectivity index (χ3n) is 1.53. The molecule has 0 atom stereocenters. The van der Waals surface area contributed by atoms with Crippen LogP contribution in [0.5, 0.6) is 0 Å². The quantitative estimate of drug-likeness (QED) is 0.504. The number of pyridine rings is 1. The molecule has 13 heavy (non-hydrogen) atoms. The first-order valence-corrected chi connectivity index (χ1v) is 3.63. The minimum Gasteiger partial charge on any atom is -0.258 e. The van der Waals surface area contributed by atoms with Gasteiger partial charge in [-0.1, -0.05) is 0 Å². The van der Waals surface area contributed by atoms with Crippen LogP contribution < -0.4 is 0 Å². The van der Waals surface area contributed by atoms with Crippen LogP contribution >= 0.6 is 0 Å². The third kappa shape index (κ3) is 1.99. The van der Waals surface area contributed by atoms with Gasteiger partial charge in [-0.3, -0.25) is 10.1 Å². The molecule has 0 aliphatic rings. The molecule has 0 spiro atoms. The number of aryl methyl sites for hydroxylation is 1. The first-order chi connectivity index (χ1) is 6.15. The number of nitro groups is 1. The molecule has 0 unspecified atom stereocenters. The Morgan fingerprint density at radius 3 is 2.92 bits per heavy atom. The fraction of sp³-hybridized carbons (Fsp3) is 0.250. The molecular formula is C8H7N3O2. The molecule has 0 bridgehead atoms. The van der Waals surface area contributed by atoms with E-state index in [1.807, 2.05) is 6.07 Å². The Bertz CT molecular complexity index is 381. The van der Waals surface area contributed by atoms with Crippen molar-refractivity contribution in [2.45, 2.75) is 13.3 Å². The molecule has 0 aromatic carbocycles. The maximum absolute atomic E-state index is 10.5. The molecule has 0 aliphatic heterocycles. The van der Waals surface area contributed by atoms with Crippen LogP contribution in [0.1, 0.15) is 11.4 Å². The summed E-state index contributed by atoms with van der Waals surface area (Å²) in [5, 5.41) is 18.9. The lowest BCUT2D eigenvalue weighted by molar-refractivity contribution is -0.385. The summed E-state index contributed by atoms with van der Waals surface area (Å²) in [5.41, 5.74) is 0.815. The first kappa shape index (κ1) is 9.13. The smallest absolute Gasteiger partial charge is 0.258 e. The summed E-state index contributed by atoms with van der Waals surface area (Å²) in [7, 11) is 0. The lowest BCUT2D eigenvalue weighted by Crippen LogP contribution is -1.98. The molecule has 0 saturated heterocycles. The largest absolute Gasteiger partial charge is 0.291 e. The van der Waals surface area contributed by atoms with Crippen molar-refractivity contribution in [1.82, 2.24) is 4.98 Å². The van der Waals surface area contributed by atoms with Gasteiger partial charge >= 0.3 is 0 Å². The van der Waals surface area contributed by atoms with Gasteiger partial charge < -0.3 is 0 Å². The maximum atomic E-state index is 10.5. The van der Waals surface area contributed by atoms with Gasteiger partial charge in [0.25, 0.3) is 5.69 Å². The molecule has 1 aromatic rings. The monoisotopic (exact) mass is 177 g/mol. The van der Waals surface area contributed by atoms with Gasteiger partial charge in [0.05, 0.1) is 17.4 Å². The van der Waals surface area contributed by atoms with E-state index in [0.29, 0.717) is 5.69 Å². The summed E-state index contributed by atoms with van der Waals surface area (Å²) < 4.78 is 0. The van der Waals surface area contributed by atoms with E-state index in [-0.39, 0.29) is 17.8 Å². The summed E-state index contributed by atoms with van der Waals surface area (Å²) in [4.78, 5) is 13.9. The van der Waals surface area contributed by atoms with E-state index >= 15 is 0 Å². The Balaban J connectivity index is 3.20. The van der Waals surface area contributed by atoms with Crippen LogP contribution in [0.3, 0.4) is 0 Å². The Labute approximate surface area is 74.8 Å². The van der Waals surface area contributed by atoms with Gasteiger partial charge in [0.1, 0.15) is 5.69 Å². The van der Waals surface area contributed by atoms with E-state index in [9.17, 15) is 10.1 Å². The zero-order valence-electron chi connectivity index (χ0n) is 7.02. The summed E-state index contributed by atoms with van der Waals surface area (Å²) >= 11 is 0. The standard InChI is InChI=1S/C8H7N3O2/c1-6-2-3-8(11(12)13)7(10-6)4-5-9/h2-3H,4H2,1H3. The SMILES string of the molecule is Cc1ccc([N+](=O)[O-])c(CC#N)n1. The van der Waals surface area contributed by atoms with E-state index < -0.39 is 4.92 Å². The van der Waals surface area contributed by atoms with Gasteiger partial charge in [-0.15, -0.1) is 0 Å². The molecule has 0 radical (unpaired) electrons. The fourth-order valence-electron chi connectivity index (χ4n) is 0.974. The van der Waals surface area contributed by atoms with Gasteiger partial charge in [0, 0.05) is 11.8 Å². The number of rotatable bonds is 2. The van der Waals surface area contributed by atoms with Gasteiger partial charge in [-0.25, -0.2) is 4.98 Å². The number of nitriles is 1. The normalized spacial score (nSPS) is 9.23. The highest BCUT2D eigenvalue weighted by Crippen LogP contribution is 2.16. The predicted molar refractivity (Wildman–Crippen MR) is 44.9 cm³/mol. The fourth-order valence-corrected chi connectivity index (χ4v) is 0.974. The van der Waals surface area contributed by atoms with Gasteiger partial charge in [-0.2, -0.15) is 5.26 Å². The van der Waals surface area contributed by atoms with Crippen LogP contribution in [0.2, 0.25) is 0 Å². The van der Waals surface area contributed by atoms with Crippen LogP contribution in [0.25, 0.3) is 0 Å². The van der Waals surface area contributed by atoms with E-state index in [1.54, 1.807) is 13.0 Å². The topological polar surface area (TPSA) is 79.8 Å². The average molecular weight is 177 g/mol. The summed E-state index contributed by atoms with van der Waals surface area (Å²) in [6.45, 7) is 1.73. The average Bonchev–Trinajstić information content (AvgIpc) is 2.04. The highest BCUT2D eigenvalue weighted by molar-refractivity contribution is 5.37. The van der Waals surface area contributed by atoms with Crippen molar-refractivity contribution in [3.63, 3.8) is 0 Å². The van der Waals surface area contributed by atoms with Gasteiger partial charge in [-0.05, 0) is 13.0 Å². The Hall–Kier alpha value is -1.96. The van der Waals surface area contributed by atoms with Gasteiger partial charge in [0.15, 0.2) is 0 Å². The maximum Gasteiger partial charge on any atom is 0.291 e. The van der Waals surface area contributed by atoms with E-state index in [4.69, 9.17) is 5.26 Å². The van der Waals surface area contributed by atoms with Crippen molar-refractivity contribution in [3.8, 4) is 6.07 Å². The zero-order chi connectivity index (χ0) is 9.84. The minimum absolute atomic E-state index is 0.0298.